The fraction of sp³-hybridized carbons (Fsp3) is 0.571. The topological polar surface area (TPSA) is 71.1 Å². The van der Waals surface area contributed by atoms with Crippen LogP contribution < -0.4 is 0 Å². The van der Waals surface area contributed by atoms with Gasteiger partial charge in [-0.05, 0) is 0 Å². The number of carbonyl (C=O) groups is 2. The molecular weight excluding hydrogens is 264 g/mol. The Labute approximate surface area is 119 Å². The molecule has 0 spiro atoms. The Hall–Kier alpha value is -1.66. The first-order chi connectivity index (χ1) is 9.40. The predicted octanol–water partition coefficient (Wildman–Crippen LogP) is 1.25. The van der Waals surface area contributed by atoms with Gasteiger partial charge in [0.1, 0.15) is 12.2 Å². The monoisotopic (exact) mass is 286 g/mol. The summed E-state index contributed by atoms with van der Waals surface area (Å²) >= 11 is 0. The van der Waals surface area contributed by atoms with Crippen molar-refractivity contribution in [2.45, 2.75) is 38.3 Å². The normalized spacial score (nSPS) is 16.4. The van der Waals surface area contributed by atoms with Crippen LogP contribution in [0.2, 0.25) is 0 Å². The molecule has 0 aromatic carbocycles. The quantitative estimate of drug-likeness (QED) is 0.469. The number of hydrogen-bond donors (Lipinski definition) is 0. The second kappa shape index (κ2) is 9.28. The summed E-state index contributed by atoms with van der Waals surface area (Å²) in [4.78, 5) is 22.5. The van der Waals surface area contributed by atoms with Gasteiger partial charge in [0.05, 0.1) is 0 Å². The lowest BCUT2D eigenvalue weighted by Gasteiger charge is -2.33. The number of esters is 2. The minimum Gasteiger partial charge on any atom is -0.455 e. The van der Waals surface area contributed by atoms with E-state index in [4.69, 9.17) is 18.9 Å². The third-order valence-electron chi connectivity index (χ3n) is 2.58. The molecule has 114 valence electrons. The lowest BCUT2D eigenvalue weighted by molar-refractivity contribution is -0.183. The van der Waals surface area contributed by atoms with Crippen molar-refractivity contribution in [2.75, 3.05) is 14.2 Å². The molecule has 0 aliphatic heterocycles. The van der Waals surface area contributed by atoms with Crippen LogP contribution in [0.5, 0.6) is 0 Å². The molecule has 20 heavy (non-hydrogen) atoms. The molecule has 0 aromatic rings. The summed E-state index contributed by atoms with van der Waals surface area (Å²) in [6.07, 6.45) is -0.162. The van der Waals surface area contributed by atoms with Gasteiger partial charge < -0.3 is 18.9 Å². The van der Waals surface area contributed by atoms with Crippen LogP contribution in [0.4, 0.5) is 0 Å². The van der Waals surface area contributed by atoms with Gasteiger partial charge in [0.2, 0.25) is 0 Å². The maximum Gasteiger partial charge on any atom is 0.303 e. The maximum absolute atomic E-state index is 11.3. The second-order valence-corrected chi connectivity index (χ2v) is 4.02. The van der Waals surface area contributed by atoms with Crippen LogP contribution in [0, 0.1) is 0 Å². The lowest BCUT2D eigenvalue weighted by Crippen LogP contribution is -2.49. The van der Waals surface area contributed by atoms with E-state index in [9.17, 15) is 9.59 Å². The fourth-order valence-electron chi connectivity index (χ4n) is 1.75. The molecule has 0 aliphatic rings. The average molecular weight is 286 g/mol. The van der Waals surface area contributed by atoms with E-state index < -0.39 is 36.4 Å². The number of rotatable bonds is 9. The smallest absolute Gasteiger partial charge is 0.303 e. The Morgan fingerprint density at radius 2 is 1.15 bits per heavy atom. The first-order valence-electron chi connectivity index (χ1n) is 6.06. The second-order valence-electron chi connectivity index (χ2n) is 4.02. The van der Waals surface area contributed by atoms with Crippen molar-refractivity contribution < 1.29 is 28.5 Å². The van der Waals surface area contributed by atoms with Crippen molar-refractivity contribution in [3.63, 3.8) is 0 Å². The minimum absolute atomic E-state index is 0.532. The zero-order valence-corrected chi connectivity index (χ0v) is 12.3. The van der Waals surface area contributed by atoms with Gasteiger partial charge in [-0.15, -0.1) is 13.2 Å². The molecule has 6 nitrogen and oxygen atoms in total. The summed E-state index contributed by atoms with van der Waals surface area (Å²) in [7, 11) is 2.87. The molecule has 0 aliphatic carbocycles. The van der Waals surface area contributed by atoms with Crippen LogP contribution in [0.3, 0.4) is 0 Å². The first kappa shape index (κ1) is 18.3. The highest BCUT2D eigenvalue weighted by molar-refractivity contribution is 5.67. The van der Waals surface area contributed by atoms with E-state index in [0.717, 1.165) is 0 Å². The largest absolute Gasteiger partial charge is 0.455 e. The number of ether oxygens (including phenoxy) is 4. The standard InChI is InChI=1S/C14H22O6/c1-7-11(17-5)13(19-9(3)15)14(20-10(4)16)12(8-2)18-6/h7-8,11-14H,1-2H2,3-6H3/t11-,12-,13-,14-/m0/s1. The molecule has 0 heterocycles. The zero-order chi connectivity index (χ0) is 15.7. The van der Waals surface area contributed by atoms with Crippen molar-refractivity contribution in [3.8, 4) is 0 Å². The van der Waals surface area contributed by atoms with Crippen LogP contribution in [0.15, 0.2) is 25.3 Å². The molecule has 0 fully saturated rings. The van der Waals surface area contributed by atoms with E-state index in [2.05, 4.69) is 13.2 Å². The molecule has 0 bridgehead atoms. The van der Waals surface area contributed by atoms with E-state index in [-0.39, 0.29) is 0 Å². The molecule has 0 saturated heterocycles. The maximum atomic E-state index is 11.3. The molecular formula is C14H22O6. The zero-order valence-electron chi connectivity index (χ0n) is 12.3. The van der Waals surface area contributed by atoms with Crippen molar-refractivity contribution in [1.82, 2.24) is 0 Å². The van der Waals surface area contributed by atoms with Crippen LogP contribution in [-0.4, -0.2) is 50.6 Å². The summed E-state index contributed by atoms with van der Waals surface area (Å²) in [6, 6.07) is 0. The van der Waals surface area contributed by atoms with Crippen molar-refractivity contribution >= 4 is 11.9 Å². The fourth-order valence-corrected chi connectivity index (χ4v) is 1.75. The molecule has 0 unspecified atom stereocenters. The van der Waals surface area contributed by atoms with E-state index in [1.807, 2.05) is 0 Å². The highest BCUT2D eigenvalue weighted by Crippen LogP contribution is 2.19. The number of carbonyl (C=O) groups excluding carboxylic acids is 2. The van der Waals surface area contributed by atoms with Crippen LogP contribution in [-0.2, 0) is 28.5 Å². The molecule has 0 saturated carbocycles. The van der Waals surface area contributed by atoms with E-state index in [0.29, 0.717) is 0 Å². The third-order valence-corrected chi connectivity index (χ3v) is 2.58. The molecule has 4 atom stereocenters. The lowest BCUT2D eigenvalue weighted by atomic mass is 10.0. The Kier molecular flexibility index (Phi) is 8.51. The molecule has 0 radical (unpaired) electrons. The molecule has 0 N–H and O–H groups in total. The molecule has 6 heteroatoms. The van der Waals surface area contributed by atoms with Crippen molar-refractivity contribution in [1.29, 1.82) is 0 Å². The predicted molar refractivity (Wildman–Crippen MR) is 73.1 cm³/mol. The van der Waals surface area contributed by atoms with E-state index in [1.165, 1.54) is 40.2 Å². The summed E-state index contributed by atoms with van der Waals surface area (Å²) in [5, 5.41) is 0. The minimum atomic E-state index is -0.887. The first-order valence-corrected chi connectivity index (χ1v) is 6.06. The summed E-state index contributed by atoms with van der Waals surface area (Å²) in [5.74, 6) is -1.06. The third kappa shape index (κ3) is 5.54. The van der Waals surface area contributed by atoms with Crippen LogP contribution in [0.1, 0.15) is 13.8 Å². The Balaban J connectivity index is 5.45. The van der Waals surface area contributed by atoms with Crippen molar-refractivity contribution in [2.24, 2.45) is 0 Å². The van der Waals surface area contributed by atoms with Crippen molar-refractivity contribution in [3.05, 3.63) is 25.3 Å². The molecule has 0 amide bonds. The average Bonchev–Trinajstić information content (AvgIpc) is 2.38. The Morgan fingerprint density at radius 1 is 0.850 bits per heavy atom. The van der Waals surface area contributed by atoms with Crippen LogP contribution in [0.25, 0.3) is 0 Å². The van der Waals surface area contributed by atoms with Gasteiger partial charge in [-0.2, -0.15) is 0 Å². The van der Waals surface area contributed by atoms with Gasteiger partial charge in [-0.3, -0.25) is 9.59 Å². The number of methoxy groups -OCH3 is 2. The SMILES string of the molecule is C=C[C@H](OC)[C@H](OC(C)=O)[C@@H](OC(C)=O)[C@H](C=C)OC. The summed E-state index contributed by atoms with van der Waals surface area (Å²) in [6.45, 7) is 9.72. The van der Waals surface area contributed by atoms with E-state index in [1.54, 1.807) is 0 Å². The molecule has 0 aromatic heterocycles. The van der Waals surface area contributed by atoms with Gasteiger partial charge in [0.25, 0.3) is 0 Å². The van der Waals surface area contributed by atoms with Gasteiger partial charge in [0, 0.05) is 28.1 Å². The summed E-state index contributed by atoms with van der Waals surface area (Å²) < 4.78 is 20.8. The molecule has 0 rings (SSSR count). The van der Waals surface area contributed by atoms with Gasteiger partial charge in [0.15, 0.2) is 12.2 Å². The Morgan fingerprint density at radius 3 is 1.30 bits per heavy atom. The summed E-state index contributed by atoms with van der Waals surface area (Å²) in [5.41, 5.74) is 0. The highest BCUT2D eigenvalue weighted by Gasteiger charge is 2.38. The van der Waals surface area contributed by atoms with E-state index >= 15 is 0 Å². The Bertz CT molecular complexity index is 318. The van der Waals surface area contributed by atoms with Gasteiger partial charge in [-0.1, -0.05) is 12.2 Å². The van der Waals surface area contributed by atoms with Gasteiger partial charge >= 0.3 is 11.9 Å². The van der Waals surface area contributed by atoms with Crippen LogP contribution >= 0.6 is 0 Å². The van der Waals surface area contributed by atoms with Gasteiger partial charge in [-0.25, -0.2) is 0 Å². The number of hydrogen-bond acceptors (Lipinski definition) is 6. The highest BCUT2D eigenvalue weighted by atomic mass is 16.6.